The Kier molecular flexibility index (Phi) is 6.22. The number of esters is 1. The summed E-state index contributed by atoms with van der Waals surface area (Å²) in [5, 5.41) is 2.77. The number of benzene rings is 2. The summed E-state index contributed by atoms with van der Waals surface area (Å²) in [6, 6.07) is 8.84. The lowest BCUT2D eigenvalue weighted by Crippen LogP contribution is -2.22. The number of para-hydroxylation sites is 1. The summed E-state index contributed by atoms with van der Waals surface area (Å²) in [5.74, 6) is -0.00683. The third-order valence-electron chi connectivity index (χ3n) is 4.07. The minimum Gasteiger partial charge on any atom is -0.496 e. The number of amides is 1. The van der Waals surface area contributed by atoms with Crippen molar-refractivity contribution in [1.29, 1.82) is 0 Å². The van der Waals surface area contributed by atoms with Crippen LogP contribution < -0.4 is 14.8 Å². The minimum atomic E-state index is -0.627. The van der Waals surface area contributed by atoms with E-state index in [1.165, 1.54) is 14.2 Å². The second-order valence-corrected chi connectivity index (χ2v) is 5.90. The second kappa shape index (κ2) is 8.38. The first kappa shape index (κ1) is 19.3. The van der Waals surface area contributed by atoms with Crippen molar-refractivity contribution >= 4 is 17.6 Å². The first-order chi connectivity index (χ1) is 12.4. The molecule has 0 saturated carbocycles. The van der Waals surface area contributed by atoms with Gasteiger partial charge in [-0.1, -0.05) is 18.2 Å². The average Bonchev–Trinajstić information content (AvgIpc) is 2.63. The van der Waals surface area contributed by atoms with Gasteiger partial charge in [0.2, 0.25) is 0 Å². The molecule has 0 aliphatic heterocycles. The third kappa shape index (κ3) is 4.33. The quantitative estimate of drug-likeness (QED) is 0.802. The van der Waals surface area contributed by atoms with Crippen LogP contribution in [0.4, 0.5) is 5.69 Å². The normalized spacial score (nSPS) is 10.2. The molecule has 138 valence electrons. The van der Waals surface area contributed by atoms with Crippen molar-refractivity contribution in [2.45, 2.75) is 20.8 Å². The predicted octanol–water partition coefficient (Wildman–Crippen LogP) is 3.42. The largest absolute Gasteiger partial charge is 0.496 e. The van der Waals surface area contributed by atoms with Crippen LogP contribution in [0.5, 0.6) is 11.5 Å². The van der Waals surface area contributed by atoms with Crippen LogP contribution in [-0.4, -0.2) is 32.7 Å². The Bertz CT molecular complexity index is 784. The average molecular weight is 357 g/mol. The van der Waals surface area contributed by atoms with Gasteiger partial charge in [-0.05, 0) is 44.0 Å². The van der Waals surface area contributed by atoms with Gasteiger partial charge in [0.25, 0.3) is 5.91 Å². The van der Waals surface area contributed by atoms with Gasteiger partial charge in [-0.3, -0.25) is 4.79 Å². The predicted molar refractivity (Wildman–Crippen MR) is 99.1 cm³/mol. The molecule has 0 atom stereocenters. The molecule has 2 aromatic rings. The van der Waals surface area contributed by atoms with E-state index in [1.807, 2.05) is 39.0 Å². The minimum absolute atomic E-state index is 0.254. The highest BCUT2D eigenvalue weighted by atomic mass is 16.5. The smallest absolute Gasteiger partial charge is 0.338 e. The van der Waals surface area contributed by atoms with Crippen LogP contribution in [0, 0.1) is 20.8 Å². The highest BCUT2D eigenvalue weighted by molar-refractivity contribution is 5.96. The monoisotopic (exact) mass is 357 g/mol. The number of anilines is 1. The fraction of sp³-hybridized carbons (Fsp3) is 0.300. The zero-order valence-electron chi connectivity index (χ0n) is 15.6. The molecule has 0 aliphatic carbocycles. The van der Waals surface area contributed by atoms with Crippen molar-refractivity contribution in [3.63, 3.8) is 0 Å². The van der Waals surface area contributed by atoms with E-state index in [1.54, 1.807) is 12.1 Å². The molecule has 1 amide bonds. The molecule has 0 saturated heterocycles. The van der Waals surface area contributed by atoms with E-state index in [4.69, 9.17) is 14.2 Å². The summed E-state index contributed by atoms with van der Waals surface area (Å²) >= 11 is 0. The number of hydrogen-bond acceptors (Lipinski definition) is 5. The maximum absolute atomic E-state index is 12.3. The van der Waals surface area contributed by atoms with Crippen molar-refractivity contribution in [1.82, 2.24) is 0 Å². The van der Waals surface area contributed by atoms with E-state index in [0.29, 0.717) is 11.5 Å². The van der Waals surface area contributed by atoms with Crippen molar-refractivity contribution in [2.75, 3.05) is 26.1 Å². The summed E-state index contributed by atoms with van der Waals surface area (Å²) in [7, 11) is 3.02. The fourth-order valence-electron chi connectivity index (χ4n) is 2.61. The van der Waals surface area contributed by atoms with Gasteiger partial charge in [-0.2, -0.15) is 0 Å². The maximum Gasteiger partial charge on any atom is 0.338 e. The second-order valence-electron chi connectivity index (χ2n) is 5.90. The van der Waals surface area contributed by atoms with Gasteiger partial charge in [-0.25, -0.2) is 4.79 Å². The lowest BCUT2D eigenvalue weighted by molar-refractivity contribution is -0.119. The number of carbonyl (C=O) groups excluding carboxylic acids is 2. The van der Waals surface area contributed by atoms with Crippen molar-refractivity contribution in [3.05, 3.63) is 52.6 Å². The molecule has 0 spiro atoms. The summed E-state index contributed by atoms with van der Waals surface area (Å²) in [4.78, 5) is 24.4. The molecular formula is C20H23NO5. The Hall–Kier alpha value is -3.02. The lowest BCUT2D eigenvalue weighted by Gasteiger charge is -2.13. The van der Waals surface area contributed by atoms with Crippen LogP contribution in [0.2, 0.25) is 0 Å². The van der Waals surface area contributed by atoms with Crippen LogP contribution in [-0.2, 0) is 9.53 Å². The molecule has 0 aliphatic rings. The van der Waals surface area contributed by atoms with Crippen LogP contribution in [0.15, 0.2) is 30.3 Å². The topological polar surface area (TPSA) is 73.9 Å². The van der Waals surface area contributed by atoms with Gasteiger partial charge in [-0.15, -0.1) is 0 Å². The third-order valence-corrected chi connectivity index (χ3v) is 4.07. The SMILES string of the molecule is COc1cc(C(=O)OCC(=O)Nc2c(C)cccc2C)cc(OC)c1C. The Labute approximate surface area is 153 Å². The molecule has 1 N–H and O–H groups in total. The number of ether oxygens (including phenoxy) is 3. The molecule has 2 aromatic carbocycles. The number of nitrogens with one attached hydrogen (secondary N) is 1. The number of methoxy groups -OCH3 is 2. The van der Waals surface area contributed by atoms with Crippen molar-refractivity contribution in [2.24, 2.45) is 0 Å². The van der Waals surface area contributed by atoms with Crippen molar-refractivity contribution < 1.29 is 23.8 Å². The van der Waals surface area contributed by atoms with Gasteiger partial charge >= 0.3 is 5.97 Å². The van der Waals surface area contributed by atoms with E-state index >= 15 is 0 Å². The fourth-order valence-corrected chi connectivity index (χ4v) is 2.61. The van der Waals surface area contributed by atoms with Gasteiger partial charge in [0.1, 0.15) is 11.5 Å². The molecule has 6 nitrogen and oxygen atoms in total. The lowest BCUT2D eigenvalue weighted by atomic mass is 10.1. The number of rotatable bonds is 6. The first-order valence-corrected chi connectivity index (χ1v) is 8.13. The van der Waals surface area contributed by atoms with Gasteiger partial charge < -0.3 is 19.5 Å². The number of aryl methyl sites for hydroxylation is 2. The zero-order chi connectivity index (χ0) is 19.3. The van der Waals surface area contributed by atoms with Crippen LogP contribution in [0.25, 0.3) is 0 Å². The molecule has 0 bridgehead atoms. The molecule has 6 heteroatoms. The van der Waals surface area contributed by atoms with Crippen LogP contribution >= 0.6 is 0 Å². The zero-order valence-corrected chi connectivity index (χ0v) is 15.6. The molecular weight excluding hydrogens is 334 g/mol. The van der Waals surface area contributed by atoms with E-state index in [-0.39, 0.29) is 12.2 Å². The molecule has 0 heterocycles. The number of carbonyl (C=O) groups is 2. The summed E-state index contributed by atoms with van der Waals surface area (Å²) in [6.45, 7) is 5.24. The van der Waals surface area contributed by atoms with E-state index in [2.05, 4.69) is 5.32 Å². The van der Waals surface area contributed by atoms with Gasteiger partial charge in [0.15, 0.2) is 6.61 Å². The van der Waals surface area contributed by atoms with Crippen molar-refractivity contribution in [3.8, 4) is 11.5 Å². The summed E-state index contributed by atoms with van der Waals surface area (Å²) < 4.78 is 15.6. The Morgan fingerprint density at radius 1 is 0.962 bits per heavy atom. The molecule has 0 radical (unpaired) electrons. The van der Waals surface area contributed by atoms with E-state index in [9.17, 15) is 9.59 Å². The molecule has 0 fully saturated rings. The van der Waals surface area contributed by atoms with E-state index in [0.717, 1.165) is 22.4 Å². The first-order valence-electron chi connectivity index (χ1n) is 8.13. The van der Waals surface area contributed by atoms with E-state index < -0.39 is 11.9 Å². The maximum atomic E-state index is 12.3. The van der Waals surface area contributed by atoms with Crippen LogP contribution in [0.1, 0.15) is 27.0 Å². The Morgan fingerprint density at radius 3 is 2.00 bits per heavy atom. The highest BCUT2D eigenvalue weighted by Gasteiger charge is 2.16. The van der Waals surface area contributed by atoms with Crippen LogP contribution in [0.3, 0.4) is 0 Å². The Balaban J connectivity index is 2.05. The molecule has 0 unspecified atom stereocenters. The highest BCUT2D eigenvalue weighted by Crippen LogP contribution is 2.29. The standard InChI is InChI=1S/C20H23NO5/c1-12-7-6-8-13(2)19(12)21-18(22)11-26-20(23)15-9-16(24-4)14(3)17(10-15)25-5/h6-10H,11H2,1-5H3,(H,21,22). The molecule has 2 rings (SSSR count). The Morgan fingerprint density at radius 2 is 1.50 bits per heavy atom. The summed E-state index contributed by atoms with van der Waals surface area (Å²) in [5.41, 5.74) is 3.64. The number of hydrogen-bond donors (Lipinski definition) is 1. The van der Waals surface area contributed by atoms with Gasteiger partial charge in [0, 0.05) is 11.3 Å². The van der Waals surface area contributed by atoms with Gasteiger partial charge in [0.05, 0.1) is 19.8 Å². The molecule has 0 aromatic heterocycles. The summed E-state index contributed by atoms with van der Waals surface area (Å²) in [6.07, 6.45) is 0. The molecule has 26 heavy (non-hydrogen) atoms.